The summed E-state index contributed by atoms with van der Waals surface area (Å²) in [4.78, 5) is 12.5. The average Bonchev–Trinajstić information content (AvgIpc) is 3.10. The summed E-state index contributed by atoms with van der Waals surface area (Å²) in [6, 6.07) is 8.27. The SMILES string of the molecule is O=C(NC1CCc2n[nH]nc2C1)c1ccc(C2CCNCC2)cc1. The van der Waals surface area contributed by atoms with Crippen LogP contribution in [0.3, 0.4) is 0 Å². The van der Waals surface area contributed by atoms with Crippen molar-refractivity contribution in [1.29, 1.82) is 0 Å². The van der Waals surface area contributed by atoms with E-state index in [0.717, 1.165) is 49.3 Å². The van der Waals surface area contributed by atoms with E-state index in [1.165, 1.54) is 18.4 Å². The maximum absolute atomic E-state index is 12.5. The van der Waals surface area contributed by atoms with E-state index in [9.17, 15) is 4.79 Å². The van der Waals surface area contributed by atoms with E-state index >= 15 is 0 Å². The molecule has 1 aliphatic heterocycles. The molecule has 1 aromatic carbocycles. The summed E-state index contributed by atoms with van der Waals surface area (Å²) in [5, 5.41) is 17.5. The van der Waals surface area contributed by atoms with Gasteiger partial charge in [-0.15, -0.1) is 0 Å². The Morgan fingerprint density at radius 3 is 2.58 bits per heavy atom. The minimum Gasteiger partial charge on any atom is -0.349 e. The number of aromatic amines is 1. The first-order valence-corrected chi connectivity index (χ1v) is 8.79. The van der Waals surface area contributed by atoms with Gasteiger partial charge in [-0.25, -0.2) is 0 Å². The molecule has 126 valence electrons. The topological polar surface area (TPSA) is 82.7 Å². The van der Waals surface area contributed by atoms with Gasteiger partial charge in [0.25, 0.3) is 5.91 Å². The number of carbonyl (C=O) groups is 1. The van der Waals surface area contributed by atoms with E-state index in [-0.39, 0.29) is 11.9 Å². The van der Waals surface area contributed by atoms with Gasteiger partial charge in [-0.2, -0.15) is 15.4 Å². The molecule has 2 aromatic rings. The molecule has 1 aromatic heterocycles. The third-order valence-corrected chi connectivity index (χ3v) is 5.19. The third kappa shape index (κ3) is 3.19. The van der Waals surface area contributed by atoms with E-state index in [2.05, 4.69) is 38.2 Å². The molecule has 4 rings (SSSR count). The van der Waals surface area contributed by atoms with Crippen molar-refractivity contribution in [3.05, 3.63) is 46.8 Å². The van der Waals surface area contributed by atoms with Gasteiger partial charge >= 0.3 is 0 Å². The van der Waals surface area contributed by atoms with Crippen LogP contribution >= 0.6 is 0 Å². The maximum atomic E-state index is 12.5. The van der Waals surface area contributed by atoms with Crippen LogP contribution in [0.4, 0.5) is 0 Å². The Morgan fingerprint density at radius 2 is 1.79 bits per heavy atom. The molecule has 1 unspecified atom stereocenters. The molecule has 1 fully saturated rings. The van der Waals surface area contributed by atoms with Gasteiger partial charge in [0, 0.05) is 18.0 Å². The van der Waals surface area contributed by atoms with Crippen molar-refractivity contribution in [3.8, 4) is 0 Å². The van der Waals surface area contributed by atoms with E-state index in [1.807, 2.05) is 12.1 Å². The lowest BCUT2D eigenvalue weighted by Crippen LogP contribution is -2.38. The molecule has 2 aliphatic rings. The Hall–Kier alpha value is -2.21. The number of nitrogens with one attached hydrogen (secondary N) is 3. The average molecular weight is 325 g/mol. The molecule has 1 amide bonds. The fraction of sp³-hybridized carbons (Fsp3) is 0.500. The van der Waals surface area contributed by atoms with Gasteiger partial charge < -0.3 is 10.6 Å². The molecule has 0 spiro atoms. The Morgan fingerprint density at radius 1 is 1.04 bits per heavy atom. The number of hydrogen-bond donors (Lipinski definition) is 3. The lowest BCUT2D eigenvalue weighted by Gasteiger charge is -2.23. The van der Waals surface area contributed by atoms with Gasteiger partial charge in [0.15, 0.2) is 0 Å². The first-order chi connectivity index (χ1) is 11.8. The van der Waals surface area contributed by atoms with Crippen LogP contribution in [0.5, 0.6) is 0 Å². The molecule has 1 saturated heterocycles. The quantitative estimate of drug-likeness (QED) is 0.800. The Bertz CT molecular complexity index is 702. The largest absolute Gasteiger partial charge is 0.349 e. The molecule has 6 nitrogen and oxygen atoms in total. The Balaban J connectivity index is 1.38. The molecular formula is C18H23N5O. The van der Waals surface area contributed by atoms with Gasteiger partial charge in [0.2, 0.25) is 0 Å². The van der Waals surface area contributed by atoms with E-state index in [0.29, 0.717) is 5.92 Å². The second kappa shape index (κ2) is 6.73. The van der Waals surface area contributed by atoms with Gasteiger partial charge in [-0.05, 0) is 62.4 Å². The fourth-order valence-electron chi connectivity index (χ4n) is 3.74. The highest BCUT2D eigenvalue weighted by Gasteiger charge is 2.23. The number of piperidine rings is 1. The zero-order valence-corrected chi connectivity index (χ0v) is 13.7. The highest BCUT2D eigenvalue weighted by molar-refractivity contribution is 5.94. The minimum atomic E-state index is 0.00352. The van der Waals surface area contributed by atoms with E-state index in [4.69, 9.17) is 0 Å². The number of aromatic nitrogens is 3. The van der Waals surface area contributed by atoms with Crippen molar-refractivity contribution < 1.29 is 4.79 Å². The van der Waals surface area contributed by atoms with Crippen LogP contribution in [-0.2, 0) is 12.8 Å². The Labute approximate surface area is 141 Å². The van der Waals surface area contributed by atoms with Gasteiger partial charge in [0.05, 0.1) is 11.4 Å². The van der Waals surface area contributed by atoms with Crippen molar-refractivity contribution in [2.45, 2.75) is 44.1 Å². The molecule has 2 heterocycles. The van der Waals surface area contributed by atoms with Crippen molar-refractivity contribution in [2.75, 3.05) is 13.1 Å². The third-order valence-electron chi connectivity index (χ3n) is 5.19. The highest BCUT2D eigenvalue weighted by Crippen LogP contribution is 2.25. The fourth-order valence-corrected chi connectivity index (χ4v) is 3.74. The zero-order valence-electron chi connectivity index (χ0n) is 13.7. The number of rotatable bonds is 3. The lowest BCUT2D eigenvalue weighted by molar-refractivity contribution is 0.0933. The molecule has 0 bridgehead atoms. The number of H-pyrrole nitrogens is 1. The summed E-state index contributed by atoms with van der Waals surface area (Å²) in [6.07, 6.45) is 4.88. The number of amides is 1. The predicted octanol–water partition coefficient (Wildman–Crippen LogP) is 1.56. The Kier molecular flexibility index (Phi) is 4.30. The smallest absolute Gasteiger partial charge is 0.251 e. The lowest BCUT2D eigenvalue weighted by atomic mass is 9.89. The van der Waals surface area contributed by atoms with Crippen LogP contribution in [0, 0.1) is 0 Å². The highest BCUT2D eigenvalue weighted by atomic mass is 16.1. The number of benzene rings is 1. The number of hydrogen-bond acceptors (Lipinski definition) is 4. The number of fused-ring (bicyclic) bond motifs is 1. The summed E-state index contributed by atoms with van der Waals surface area (Å²) in [5.74, 6) is 0.621. The zero-order chi connectivity index (χ0) is 16.4. The standard InChI is InChI=1S/C18H23N5O/c24-18(20-15-5-6-16-17(11-15)22-23-21-16)14-3-1-12(2-4-14)13-7-9-19-10-8-13/h1-4,13,15,19H,5-11H2,(H,20,24)(H,21,22,23). The van der Waals surface area contributed by atoms with Crippen molar-refractivity contribution in [2.24, 2.45) is 0 Å². The molecular weight excluding hydrogens is 302 g/mol. The first-order valence-electron chi connectivity index (χ1n) is 8.79. The van der Waals surface area contributed by atoms with Crippen molar-refractivity contribution >= 4 is 5.91 Å². The van der Waals surface area contributed by atoms with Crippen LogP contribution in [0.1, 0.15) is 52.5 Å². The summed E-state index contributed by atoms with van der Waals surface area (Å²) >= 11 is 0. The van der Waals surface area contributed by atoms with Crippen LogP contribution < -0.4 is 10.6 Å². The van der Waals surface area contributed by atoms with E-state index < -0.39 is 0 Å². The number of carbonyl (C=O) groups excluding carboxylic acids is 1. The predicted molar refractivity (Wildman–Crippen MR) is 90.9 cm³/mol. The molecule has 3 N–H and O–H groups in total. The van der Waals surface area contributed by atoms with Crippen LogP contribution in [-0.4, -0.2) is 40.4 Å². The normalized spacial score (nSPS) is 21.2. The number of nitrogens with zero attached hydrogens (tertiary/aromatic N) is 2. The van der Waals surface area contributed by atoms with Gasteiger partial charge in [-0.1, -0.05) is 12.1 Å². The van der Waals surface area contributed by atoms with E-state index in [1.54, 1.807) is 0 Å². The summed E-state index contributed by atoms with van der Waals surface area (Å²) in [7, 11) is 0. The molecule has 0 saturated carbocycles. The molecule has 0 radical (unpaired) electrons. The second-order valence-corrected chi connectivity index (χ2v) is 6.78. The van der Waals surface area contributed by atoms with Gasteiger partial charge in [-0.3, -0.25) is 4.79 Å². The molecule has 6 heteroatoms. The summed E-state index contributed by atoms with van der Waals surface area (Å²) in [6.45, 7) is 2.16. The first kappa shape index (κ1) is 15.3. The maximum Gasteiger partial charge on any atom is 0.251 e. The number of aryl methyl sites for hydroxylation is 1. The second-order valence-electron chi connectivity index (χ2n) is 6.78. The summed E-state index contributed by atoms with van der Waals surface area (Å²) in [5.41, 5.74) is 4.09. The monoisotopic (exact) mass is 325 g/mol. The summed E-state index contributed by atoms with van der Waals surface area (Å²) < 4.78 is 0. The molecule has 24 heavy (non-hydrogen) atoms. The van der Waals surface area contributed by atoms with Gasteiger partial charge in [0.1, 0.15) is 0 Å². The van der Waals surface area contributed by atoms with Crippen LogP contribution in [0.25, 0.3) is 0 Å². The minimum absolute atomic E-state index is 0.00352. The van der Waals surface area contributed by atoms with Crippen molar-refractivity contribution in [3.63, 3.8) is 0 Å². The molecule has 1 atom stereocenters. The van der Waals surface area contributed by atoms with Crippen molar-refractivity contribution in [1.82, 2.24) is 26.0 Å². The molecule has 1 aliphatic carbocycles. The van der Waals surface area contributed by atoms with Crippen LogP contribution in [0.15, 0.2) is 24.3 Å². The van der Waals surface area contributed by atoms with Crippen LogP contribution in [0.2, 0.25) is 0 Å².